The highest BCUT2D eigenvalue weighted by Crippen LogP contribution is 2.27. The van der Waals surface area contributed by atoms with E-state index in [4.69, 9.17) is 17.3 Å². The van der Waals surface area contributed by atoms with Crippen LogP contribution in [-0.2, 0) is 6.54 Å². The Morgan fingerprint density at radius 1 is 1.22 bits per heavy atom. The van der Waals surface area contributed by atoms with Crippen LogP contribution in [0.3, 0.4) is 0 Å². The van der Waals surface area contributed by atoms with E-state index in [-0.39, 0.29) is 5.82 Å². The summed E-state index contributed by atoms with van der Waals surface area (Å²) in [5.41, 5.74) is 8.04. The molecule has 2 aromatic rings. The Balaban J connectivity index is 2.19. The van der Waals surface area contributed by atoms with E-state index in [0.717, 1.165) is 11.3 Å². The molecule has 0 saturated heterocycles. The quantitative estimate of drug-likeness (QED) is 0.857. The zero-order chi connectivity index (χ0) is 13.1. The lowest BCUT2D eigenvalue weighted by Gasteiger charge is -2.21. The fourth-order valence-corrected chi connectivity index (χ4v) is 2.16. The fraction of sp³-hybridized carbons (Fsp3) is 0.143. The second-order valence-electron chi connectivity index (χ2n) is 4.20. The van der Waals surface area contributed by atoms with E-state index >= 15 is 0 Å². The molecule has 0 spiro atoms. The molecule has 0 unspecified atom stereocenters. The van der Waals surface area contributed by atoms with Crippen LogP contribution in [0.4, 0.5) is 15.8 Å². The molecule has 0 aliphatic heterocycles. The van der Waals surface area contributed by atoms with Crippen LogP contribution in [0.1, 0.15) is 5.56 Å². The Hall–Kier alpha value is -1.74. The normalized spacial score (nSPS) is 10.4. The van der Waals surface area contributed by atoms with Crippen LogP contribution >= 0.6 is 11.6 Å². The van der Waals surface area contributed by atoms with Gasteiger partial charge in [-0.2, -0.15) is 0 Å². The molecule has 4 heteroatoms. The maximum absolute atomic E-state index is 13.1. The maximum Gasteiger partial charge on any atom is 0.123 e. The molecule has 0 aromatic heterocycles. The van der Waals surface area contributed by atoms with Crippen molar-refractivity contribution < 1.29 is 4.39 Å². The lowest BCUT2D eigenvalue weighted by atomic mass is 10.2. The van der Waals surface area contributed by atoms with E-state index in [1.54, 1.807) is 18.2 Å². The number of hydrogen-bond donors (Lipinski definition) is 1. The molecular weight excluding hydrogens is 251 g/mol. The first-order valence-corrected chi connectivity index (χ1v) is 5.94. The molecule has 2 aromatic carbocycles. The third-order valence-electron chi connectivity index (χ3n) is 2.69. The molecule has 0 amide bonds. The van der Waals surface area contributed by atoms with Crippen molar-refractivity contribution in [3.63, 3.8) is 0 Å². The predicted molar refractivity (Wildman–Crippen MR) is 74.4 cm³/mol. The average molecular weight is 265 g/mol. The van der Waals surface area contributed by atoms with Gasteiger partial charge in [-0.15, -0.1) is 0 Å². The van der Waals surface area contributed by atoms with Gasteiger partial charge in [0.25, 0.3) is 0 Å². The summed E-state index contributed by atoms with van der Waals surface area (Å²) in [4.78, 5) is 1.95. The summed E-state index contributed by atoms with van der Waals surface area (Å²) in [5.74, 6) is -0.232. The summed E-state index contributed by atoms with van der Waals surface area (Å²) in [6, 6.07) is 11.9. The number of nitrogen functional groups attached to an aromatic ring is 1. The van der Waals surface area contributed by atoms with E-state index in [0.29, 0.717) is 17.3 Å². The molecule has 94 valence electrons. The minimum Gasteiger partial charge on any atom is -0.399 e. The van der Waals surface area contributed by atoms with E-state index in [9.17, 15) is 4.39 Å². The third kappa shape index (κ3) is 2.93. The van der Waals surface area contributed by atoms with Gasteiger partial charge >= 0.3 is 0 Å². The standard InChI is InChI=1S/C14H14ClFN2/c1-18(9-10-3-2-4-11(16)7-10)14-6-5-12(17)8-13(14)15/h2-8H,9,17H2,1H3. The first-order valence-electron chi connectivity index (χ1n) is 5.57. The summed E-state index contributed by atoms with van der Waals surface area (Å²) < 4.78 is 13.1. The lowest BCUT2D eigenvalue weighted by Crippen LogP contribution is -2.16. The van der Waals surface area contributed by atoms with Crippen LogP contribution in [-0.4, -0.2) is 7.05 Å². The highest BCUT2D eigenvalue weighted by molar-refractivity contribution is 6.33. The van der Waals surface area contributed by atoms with Crippen molar-refractivity contribution in [2.45, 2.75) is 6.54 Å². The van der Waals surface area contributed by atoms with E-state index in [2.05, 4.69) is 0 Å². The minimum atomic E-state index is -0.232. The Labute approximate surface area is 111 Å². The van der Waals surface area contributed by atoms with Crippen molar-refractivity contribution in [3.8, 4) is 0 Å². The highest BCUT2D eigenvalue weighted by Gasteiger charge is 2.07. The van der Waals surface area contributed by atoms with Crippen molar-refractivity contribution in [1.82, 2.24) is 0 Å². The van der Waals surface area contributed by atoms with Crippen molar-refractivity contribution >= 4 is 23.0 Å². The first kappa shape index (κ1) is 12.7. The summed E-state index contributed by atoms with van der Waals surface area (Å²) in [7, 11) is 1.91. The van der Waals surface area contributed by atoms with Crippen molar-refractivity contribution in [2.75, 3.05) is 17.7 Å². The minimum absolute atomic E-state index is 0.232. The van der Waals surface area contributed by atoms with Crippen molar-refractivity contribution in [2.24, 2.45) is 0 Å². The van der Waals surface area contributed by atoms with Crippen LogP contribution in [0, 0.1) is 5.82 Å². The van der Waals surface area contributed by atoms with Crippen LogP contribution in [0.2, 0.25) is 5.02 Å². The number of benzene rings is 2. The average Bonchev–Trinajstić information content (AvgIpc) is 2.28. The van der Waals surface area contributed by atoms with Crippen molar-refractivity contribution in [3.05, 3.63) is 58.9 Å². The molecule has 0 fully saturated rings. The summed E-state index contributed by atoms with van der Waals surface area (Å²) >= 11 is 6.13. The molecular formula is C14H14ClFN2. The monoisotopic (exact) mass is 264 g/mol. The molecule has 0 atom stereocenters. The predicted octanol–water partition coefficient (Wildman–Crippen LogP) is 3.70. The molecule has 18 heavy (non-hydrogen) atoms. The van der Waals surface area contributed by atoms with Gasteiger partial charge in [-0.25, -0.2) is 4.39 Å². The zero-order valence-electron chi connectivity index (χ0n) is 10.0. The molecule has 2 rings (SSSR count). The maximum atomic E-state index is 13.1. The molecule has 0 aliphatic carbocycles. The van der Waals surface area contributed by atoms with Gasteiger partial charge in [-0.3, -0.25) is 0 Å². The Morgan fingerprint density at radius 3 is 2.67 bits per heavy atom. The van der Waals surface area contributed by atoms with E-state index < -0.39 is 0 Å². The van der Waals surface area contributed by atoms with Crippen LogP contribution < -0.4 is 10.6 Å². The second kappa shape index (κ2) is 5.27. The largest absolute Gasteiger partial charge is 0.399 e. The third-order valence-corrected chi connectivity index (χ3v) is 2.99. The number of rotatable bonds is 3. The summed E-state index contributed by atoms with van der Waals surface area (Å²) in [6.07, 6.45) is 0. The molecule has 0 bridgehead atoms. The number of hydrogen-bond acceptors (Lipinski definition) is 2. The molecule has 0 aliphatic rings. The van der Waals surface area contributed by atoms with E-state index in [1.807, 2.05) is 24.1 Å². The molecule has 0 heterocycles. The number of nitrogens with two attached hydrogens (primary N) is 1. The SMILES string of the molecule is CN(Cc1cccc(F)c1)c1ccc(N)cc1Cl. The van der Waals surface area contributed by atoms with Crippen LogP contribution in [0.25, 0.3) is 0 Å². The Bertz CT molecular complexity index is 557. The number of halogens is 2. The van der Waals surface area contributed by atoms with Gasteiger partial charge < -0.3 is 10.6 Å². The van der Waals surface area contributed by atoms with Gasteiger partial charge in [0.05, 0.1) is 10.7 Å². The van der Waals surface area contributed by atoms with Gasteiger partial charge in [-0.1, -0.05) is 23.7 Å². The van der Waals surface area contributed by atoms with Crippen LogP contribution in [0.5, 0.6) is 0 Å². The summed E-state index contributed by atoms with van der Waals surface area (Å²) in [5, 5.41) is 0.592. The smallest absolute Gasteiger partial charge is 0.123 e. The van der Waals surface area contributed by atoms with Crippen LogP contribution in [0.15, 0.2) is 42.5 Å². The molecule has 0 saturated carbocycles. The van der Waals surface area contributed by atoms with E-state index in [1.165, 1.54) is 12.1 Å². The molecule has 2 nitrogen and oxygen atoms in total. The van der Waals surface area contributed by atoms with Crippen molar-refractivity contribution in [1.29, 1.82) is 0 Å². The molecule has 2 N–H and O–H groups in total. The highest BCUT2D eigenvalue weighted by atomic mass is 35.5. The zero-order valence-corrected chi connectivity index (χ0v) is 10.8. The topological polar surface area (TPSA) is 29.3 Å². The summed E-state index contributed by atoms with van der Waals surface area (Å²) in [6.45, 7) is 0.585. The van der Waals surface area contributed by atoms with Gasteiger partial charge in [0.15, 0.2) is 0 Å². The van der Waals surface area contributed by atoms with Gasteiger partial charge in [0.1, 0.15) is 5.82 Å². The Morgan fingerprint density at radius 2 is 2.00 bits per heavy atom. The first-order chi connectivity index (χ1) is 8.56. The molecule has 0 radical (unpaired) electrons. The second-order valence-corrected chi connectivity index (χ2v) is 4.60. The van der Waals surface area contributed by atoms with Gasteiger partial charge in [0, 0.05) is 19.3 Å². The lowest BCUT2D eigenvalue weighted by molar-refractivity contribution is 0.625. The Kier molecular flexibility index (Phi) is 3.72. The van der Waals surface area contributed by atoms with Gasteiger partial charge in [0.2, 0.25) is 0 Å². The van der Waals surface area contributed by atoms with Gasteiger partial charge in [-0.05, 0) is 35.9 Å². The number of anilines is 2. The number of nitrogens with zero attached hydrogens (tertiary/aromatic N) is 1. The fourth-order valence-electron chi connectivity index (χ4n) is 1.83.